The summed E-state index contributed by atoms with van der Waals surface area (Å²) in [6, 6.07) is 9.20. The first-order valence-electron chi connectivity index (χ1n) is 4.97. The molecule has 0 aliphatic heterocycles. The second-order valence-corrected chi connectivity index (χ2v) is 4.45. The Hall–Kier alpha value is -1.88. The molecule has 0 saturated heterocycles. The zero-order chi connectivity index (χ0) is 12.3. The Bertz CT molecular complexity index is 558. The molecule has 0 unspecified atom stereocenters. The van der Waals surface area contributed by atoms with Crippen LogP contribution in [0.25, 0.3) is 0 Å². The Balaban J connectivity index is 2.37. The standard InChI is InChI=1S/C12H10N2O2S/c1-8-4-2-3-5-10(8)17-11-9(12(15)16)6-7-13-14-11/h2-7H,1H3,(H,15,16). The molecule has 1 aromatic carbocycles. The first kappa shape index (κ1) is 11.6. The topological polar surface area (TPSA) is 63.1 Å². The second kappa shape index (κ2) is 4.97. The van der Waals surface area contributed by atoms with Crippen LogP contribution in [0.1, 0.15) is 15.9 Å². The number of aromatic nitrogens is 2. The van der Waals surface area contributed by atoms with E-state index in [-0.39, 0.29) is 5.56 Å². The van der Waals surface area contributed by atoms with E-state index in [1.54, 1.807) is 0 Å². The molecule has 0 aliphatic rings. The van der Waals surface area contributed by atoms with Crippen LogP contribution in [-0.4, -0.2) is 21.3 Å². The fourth-order valence-electron chi connectivity index (χ4n) is 1.33. The molecule has 0 bridgehead atoms. The molecule has 0 fully saturated rings. The van der Waals surface area contributed by atoms with Gasteiger partial charge in [0, 0.05) is 4.90 Å². The van der Waals surface area contributed by atoms with E-state index in [1.165, 1.54) is 24.0 Å². The Labute approximate surface area is 103 Å². The molecule has 1 aromatic heterocycles. The summed E-state index contributed by atoms with van der Waals surface area (Å²) in [7, 11) is 0. The molecule has 0 aliphatic carbocycles. The van der Waals surface area contributed by atoms with E-state index in [2.05, 4.69) is 10.2 Å². The van der Waals surface area contributed by atoms with Crippen molar-refractivity contribution < 1.29 is 9.90 Å². The highest BCUT2D eigenvalue weighted by molar-refractivity contribution is 7.99. The average molecular weight is 246 g/mol. The van der Waals surface area contributed by atoms with Crippen molar-refractivity contribution in [2.24, 2.45) is 0 Å². The van der Waals surface area contributed by atoms with E-state index in [0.29, 0.717) is 5.03 Å². The van der Waals surface area contributed by atoms with Gasteiger partial charge in [0.25, 0.3) is 0 Å². The van der Waals surface area contributed by atoms with Gasteiger partial charge in [-0.15, -0.1) is 5.10 Å². The SMILES string of the molecule is Cc1ccccc1Sc1nnccc1C(=O)O. The summed E-state index contributed by atoms with van der Waals surface area (Å²) in [6.45, 7) is 1.97. The van der Waals surface area contributed by atoms with Crippen LogP contribution in [0.15, 0.2) is 46.5 Å². The highest BCUT2D eigenvalue weighted by Gasteiger charge is 2.13. The molecule has 4 nitrogen and oxygen atoms in total. The molecule has 1 heterocycles. The van der Waals surface area contributed by atoms with Crippen molar-refractivity contribution in [3.63, 3.8) is 0 Å². The molecule has 0 amide bonds. The first-order chi connectivity index (χ1) is 8.18. The minimum absolute atomic E-state index is 0.174. The first-order valence-corrected chi connectivity index (χ1v) is 5.78. The molecule has 17 heavy (non-hydrogen) atoms. The van der Waals surface area contributed by atoms with E-state index in [9.17, 15) is 4.79 Å². The molecular weight excluding hydrogens is 236 g/mol. The van der Waals surface area contributed by atoms with E-state index < -0.39 is 5.97 Å². The maximum atomic E-state index is 11.0. The number of aromatic carboxylic acids is 1. The second-order valence-electron chi connectivity index (χ2n) is 3.42. The lowest BCUT2D eigenvalue weighted by molar-refractivity contribution is 0.0692. The van der Waals surface area contributed by atoms with Crippen LogP contribution in [0.5, 0.6) is 0 Å². The normalized spacial score (nSPS) is 10.2. The molecule has 0 atom stereocenters. The summed E-state index contributed by atoms with van der Waals surface area (Å²) < 4.78 is 0. The van der Waals surface area contributed by atoms with Gasteiger partial charge in [-0.2, -0.15) is 5.10 Å². The molecule has 2 rings (SSSR count). The third kappa shape index (κ3) is 2.62. The van der Waals surface area contributed by atoms with Gasteiger partial charge in [-0.25, -0.2) is 4.79 Å². The van der Waals surface area contributed by atoms with Gasteiger partial charge >= 0.3 is 5.97 Å². The molecule has 0 radical (unpaired) electrons. The van der Waals surface area contributed by atoms with E-state index in [1.807, 2.05) is 31.2 Å². The van der Waals surface area contributed by atoms with Crippen LogP contribution in [0, 0.1) is 6.92 Å². The van der Waals surface area contributed by atoms with Crippen molar-refractivity contribution in [2.45, 2.75) is 16.8 Å². The lowest BCUT2D eigenvalue weighted by Gasteiger charge is -2.05. The zero-order valence-electron chi connectivity index (χ0n) is 9.12. The van der Waals surface area contributed by atoms with Crippen molar-refractivity contribution in [3.8, 4) is 0 Å². The quantitative estimate of drug-likeness (QED) is 0.902. The molecule has 1 N–H and O–H groups in total. The van der Waals surface area contributed by atoms with E-state index >= 15 is 0 Å². The van der Waals surface area contributed by atoms with Crippen molar-refractivity contribution in [2.75, 3.05) is 0 Å². The predicted molar refractivity (Wildman–Crippen MR) is 64.3 cm³/mol. The number of rotatable bonds is 3. The van der Waals surface area contributed by atoms with Crippen LogP contribution >= 0.6 is 11.8 Å². The predicted octanol–water partition coefficient (Wildman–Crippen LogP) is 2.63. The van der Waals surface area contributed by atoms with Crippen molar-refractivity contribution in [1.82, 2.24) is 10.2 Å². The van der Waals surface area contributed by atoms with Crippen LogP contribution in [0.2, 0.25) is 0 Å². The van der Waals surface area contributed by atoms with Crippen LogP contribution < -0.4 is 0 Å². The molecular formula is C12H10N2O2S. The Morgan fingerprint density at radius 1 is 1.29 bits per heavy atom. The Morgan fingerprint density at radius 3 is 2.76 bits per heavy atom. The summed E-state index contributed by atoms with van der Waals surface area (Å²) in [5.41, 5.74) is 1.26. The summed E-state index contributed by atoms with van der Waals surface area (Å²) in [4.78, 5) is 12.0. The monoisotopic (exact) mass is 246 g/mol. The van der Waals surface area contributed by atoms with Crippen LogP contribution in [-0.2, 0) is 0 Å². The number of carbonyl (C=O) groups is 1. The number of nitrogens with zero attached hydrogens (tertiary/aromatic N) is 2. The van der Waals surface area contributed by atoms with Gasteiger partial charge in [-0.05, 0) is 24.6 Å². The minimum atomic E-state index is -0.990. The van der Waals surface area contributed by atoms with E-state index in [0.717, 1.165) is 10.5 Å². The lowest BCUT2D eigenvalue weighted by atomic mass is 10.2. The van der Waals surface area contributed by atoms with Crippen LogP contribution in [0.4, 0.5) is 0 Å². The van der Waals surface area contributed by atoms with E-state index in [4.69, 9.17) is 5.11 Å². The van der Waals surface area contributed by atoms with Gasteiger partial charge in [0.1, 0.15) is 5.03 Å². The molecule has 0 saturated carbocycles. The fourth-order valence-corrected chi connectivity index (χ4v) is 2.27. The van der Waals surface area contributed by atoms with Gasteiger partial charge in [0.15, 0.2) is 0 Å². The van der Waals surface area contributed by atoms with Gasteiger partial charge in [-0.1, -0.05) is 30.0 Å². The number of hydrogen-bond acceptors (Lipinski definition) is 4. The zero-order valence-corrected chi connectivity index (χ0v) is 9.94. The average Bonchev–Trinajstić information content (AvgIpc) is 2.32. The Morgan fingerprint density at radius 2 is 2.06 bits per heavy atom. The minimum Gasteiger partial charge on any atom is -0.478 e. The third-order valence-electron chi connectivity index (χ3n) is 2.22. The highest BCUT2D eigenvalue weighted by Crippen LogP contribution is 2.30. The molecule has 0 spiro atoms. The number of hydrogen-bond donors (Lipinski definition) is 1. The van der Waals surface area contributed by atoms with Crippen molar-refractivity contribution >= 4 is 17.7 Å². The number of benzene rings is 1. The third-order valence-corrected chi connectivity index (χ3v) is 3.39. The smallest absolute Gasteiger partial charge is 0.338 e. The Kier molecular flexibility index (Phi) is 3.39. The van der Waals surface area contributed by atoms with Gasteiger partial charge in [0.05, 0.1) is 11.8 Å². The van der Waals surface area contributed by atoms with Gasteiger partial charge in [-0.3, -0.25) is 0 Å². The molecule has 2 aromatic rings. The maximum Gasteiger partial charge on any atom is 0.338 e. The van der Waals surface area contributed by atoms with Crippen molar-refractivity contribution in [1.29, 1.82) is 0 Å². The number of carboxylic acids is 1. The summed E-state index contributed by atoms with van der Waals surface area (Å²) >= 11 is 1.31. The summed E-state index contributed by atoms with van der Waals surface area (Å²) in [5, 5.41) is 17.0. The van der Waals surface area contributed by atoms with Gasteiger partial charge in [0.2, 0.25) is 0 Å². The number of carboxylic acid groups (broad SMARTS) is 1. The van der Waals surface area contributed by atoms with Crippen LogP contribution in [0.3, 0.4) is 0 Å². The maximum absolute atomic E-state index is 11.0. The summed E-state index contributed by atoms with van der Waals surface area (Å²) in [6.07, 6.45) is 1.38. The highest BCUT2D eigenvalue weighted by atomic mass is 32.2. The van der Waals surface area contributed by atoms with Crippen molar-refractivity contribution in [3.05, 3.63) is 47.7 Å². The summed E-state index contributed by atoms with van der Waals surface area (Å²) in [5.74, 6) is -0.990. The molecule has 5 heteroatoms. The largest absolute Gasteiger partial charge is 0.478 e. The molecule has 86 valence electrons. The van der Waals surface area contributed by atoms with Gasteiger partial charge < -0.3 is 5.11 Å². The number of aryl methyl sites for hydroxylation is 1. The lowest BCUT2D eigenvalue weighted by Crippen LogP contribution is -2.01. The fraction of sp³-hybridized carbons (Fsp3) is 0.0833.